The van der Waals surface area contributed by atoms with Crippen molar-refractivity contribution in [2.45, 2.75) is 20.4 Å². The van der Waals surface area contributed by atoms with Crippen LogP contribution >= 0.6 is 11.3 Å². The van der Waals surface area contributed by atoms with Crippen molar-refractivity contribution in [1.29, 1.82) is 0 Å². The zero-order valence-electron chi connectivity index (χ0n) is 11.1. The van der Waals surface area contributed by atoms with E-state index < -0.39 is 0 Å². The fourth-order valence-corrected chi connectivity index (χ4v) is 2.46. The topological polar surface area (TPSA) is 64.1 Å². The molecule has 1 amide bonds. The molecule has 0 saturated heterocycles. The highest BCUT2D eigenvalue weighted by Crippen LogP contribution is 2.16. The van der Waals surface area contributed by atoms with Crippen LogP contribution in [0.4, 0.5) is 0 Å². The highest BCUT2D eigenvalue weighted by atomic mass is 32.1. The number of nitrogens with one attached hydrogen (secondary N) is 1. The quantitative estimate of drug-likeness (QED) is 0.929. The third-order valence-corrected chi connectivity index (χ3v) is 3.46. The summed E-state index contributed by atoms with van der Waals surface area (Å²) in [5.74, 6) is 0.402. The van der Waals surface area contributed by atoms with E-state index in [4.69, 9.17) is 4.74 Å². The molecule has 0 aliphatic carbocycles. The van der Waals surface area contributed by atoms with Crippen LogP contribution in [-0.4, -0.2) is 23.0 Å². The van der Waals surface area contributed by atoms with E-state index in [-0.39, 0.29) is 5.91 Å². The Morgan fingerprint density at radius 1 is 1.42 bits per heavy atom. The first kappa shape index (κ1) is 13.5. The Labute approximate surface area is 115 Å². The number of aryl methyl sites for hydroxylation is 2. The summed E-state index contributed by atoms with van der Waals surface area (Å²) in [4.78, 5) is 21.2. The Hall–Kier alpha value is -1.95. The van der Waals surface area contributed by atoms with E-state index >= 15 is 0 Å². The number of rotatable bonds is 4. The van der Waals surface area contributed by atoms with Crippen molar-refractivity contribution in [3.8, 4) is 5.88 Å². The maximum atomic E-state index is 12.0. The average Bonchev–Trinajstić information content (AvgIpc) is 2.75. The molecule has 2 rings (SSSR count). The minimum absolute atomic E-state index is 0.155. The van der Waals surface area contributed by atoms with E-state index in [1.165, 1.54) is 11.3 Å². The van der Waals surface area contributed by atoms with Crippen LogP contribution in [0, 0.1) is 13.8 Å². The number of methoxy groups -OCH3 is 1. The zero-order chi connectivity index (χ0) is 13.8. The molecule has 0 fully saturated rings. The summed E-state index contributed by atoms with van der Waals surface area (Å²) in [6.07, 6.45) is 1.68. The lowest BCUT2D eigenvalue weighted by molar-refractivity contribution is 0.0946. The first-order valence-electron chi connectivity index (χ1n) is 5.81. The molecule has 2 aromatic heterocycles. The predicted octanol–water partition coefficient (Wildman–Crippen LogP) is 2.09. The standard InChI is InChI=1S/C13H15N3O2S/c1-8-12(16-9(2)19-8)13(17)15-7-10-4-5-11(18-3)14-6-10/h4-6H,7H2,1-3H3,(H,15,17). The van der Waals surface area contributed by atoms with Crippen LogP contribution in [0.1, 0.15) is 25.9 Å². The van der Waals surface area contributed by atoms with E-state index in [1.54, 1.807) is 19.4 Å². The van der Waals surface area contributed by atoms with Crippen molar-refractivity contribution >= 4 is 17.2 Å². The van der Waals surface area contributed by atoms with Gasteiger partial charge >= 0.3 is 0 Å². The van der Waals surface area contributed by atoms with Gasteiger partial charge < -0.3 is 10.1 Å². The van der Waals surface area contributed by atoms with E-state index in [2.05, 4.69) is 15.3 Å². The lowest BCUT2D eigenvalue weighted by atomic mass is 10.2. The fraction of sp³-hybridized carbons (Fsp3) is 0.308. The normalized spacial score (nSPS) is 10.3. The Kier molecular flexibility index (Phi) is 4.11. The molecule has 6 heteroatoms. The van der Waals surface area contributed by atoms with Gasteiger partial charge in [0.2, 0.25) is 5.88 Å². The van der Waals surface area contributed by atoms with Crippen molar-refractivity contribution in [3.05, 3.63) is 39.5 Å². The molecular weight excluding hydrogens is 262 g/mol. The summed E-state index contributed by atoms with van der Waals surface area (Å²) in [5.41, 5.74) is 1.42. The lowest BCUT2D eigenvalue weighted by Crippen LogP contribution is -2.23. The number of carbonyl (C=O) groups is 1. The number of nitrogens with zero attached hydrogens (tertiary/aromatic N) is 2. The summed E-state index contributed by atoms with van der Waals surface area (Å²) in [7, 11) is 1.57. The smallest absolute Gasteiger partial charge is 0.271 e. The van der Waals surface area contributed by atoms with E-state index in [1.807, 2.05) is 19.9 Å². The molecule has 0 aromatic carbocycles. The van der Waals surface area contributed by atoms with Crippen LogP contribution in [0.15, 0.2) is 18.3 Å². The van der Waals surface area contributed by atoms with Gasteiger partial charge in [-0.2, -0.15) is 0 Å². The fourth-order valence-electron chi connectivity index (χ4n) is 1.64. The largest absolute Gasteiger partial charge is 0.481 e. The number of ether oxygens (including phenoxy) is 1. The predicted molar refractivity (Wildman–Crippen MR) is 73.5 cm³/mol. The number of hydrogen-bond donors (Lipinski definition) is 1. The van der Waals surface area contributed by atoms with E-state index in [0.717, 1.165) is 15.4 Å². The molecule has 100 valence electrons. The number of aromatic nitrogens is 2. The van der Waals surface area contributed by atoms with Crippen LogP contribution in [0.25, 0.3) is 0 Å². The summed E-state index contributed by atoms with van der Waals surface area (Å²) in [5, 5.41) is 3.73. The minimum atomic E-state index is -0.155. The van der Waals surface area contributed by atoms with Crippen molar-refractivity contribution in [1.82, 2.24) is 15.3 Å². The Balaban J connectivity index is 1.98. The van der Waals surface area contributed by atoms with Crippen LogP contribution in [-0.2, 0) is 6.54 Å². The van der Waals surface area contributed by atoms with Crippen molar-refractivity contribution in [3.63, 3.8) is 0 Å². The van der Waals surface area contributed by atoms with Crippen molar-refractivity contribution in [2.24, 2.45) is 0 Å². The van der Waals surface area contributed by atoms with Gasteiger partial charge in [-0.3, -0.25) is 4.79 Å². The van der Waals surface area contributed by atoms with Crippen LogP contribution in [0.5, 0.6) is 5.88 Å². The summed E-state index contributed by atoms with van der Waals surface area (Å²) in [6, 6.07) is 3.63. The third kappa shape index (κ3) is 3.29. The zero-order valence-corrected chi connectivity index (χ0v) is 11.9. The molecular formula is C13H15N3O2S. The van der Waals surface area contributed by atoms with Crippen molar-refractivity contribution < 1.29 is 9.53 Å². The molecule has 19 heavy (non-hydrogen) atoms. The number of thiazole rings is 1. The van der Waals surface area contributed by atoms with Gasteiger partial charge in [-0.25, -0.2) is 9.97 Å². The molecule has 2 heterocycles. The molecule has 0 radical (unpaired) electrons. The number of pyridine rings is 1. The van der Waals surface area contributed by atoms with Gasteiger partial charge in [0.15, 0.2) is 0 Å². The molecule has 1 N–H and O–H groups in total. The molecule has 2 aromatic rings. The van der Waals surface area contributed by atoms with Gasteiger partial charge in [-0.05, 0) is 19.4 Å². The van der Waals surface area contributed by atoms with Gasteiger partial charge in [0.1, 0.15) is 5.69 Å². The van der Waals surface area contributed by atoms with Gasteiger partial charge in [-0.15, -0.1) is 11.3 Å². The summed E-state index contributed by atoms with van der Waals surface area (Å²) < 4.78 is 4.98. The number of hydrogen-bond acceptors (Lipinski definition) is 5. The highest BCUT2D eigenvalue weighted by Gasteiger charge is 2.13. The van der Waals surface area contributed by atoms with E-state index in [9.17, 15) is 4.79 Å². The second kappa shape index (κ2) is 5.79. The summed E-state index contributed by atoms with van der Waals surface area (Å²) >= 11 is 1.52. The molecule has 0 aliphatic rings. The second-order valence-electron chi connectivity index (χ2n) is 4.03. The first-order valence-corrected chi connectivity index (χ1v) is 6.63. The Morgan fingerprint density at radius 2 is 2.21 bits per heavy atom. The number of carbonyl (C=O) groups excluding carboxylic acids is 1. The van der Waals surface area contributed by atoms with Crippen LogP contribution in [0.3, 0.4) is 0 Å². The van der Waals surface area contributed by atoms with Crippen LogP contribution in [0.2, 0.25) is 0 Å². The van der Waals surface area contributed by atoms with Gasteiger partial charge in [0, 0.05) is 23.7 Å². The number of amides is 1. The monoisotopic (exact) mass is 277 g/mol. The minimum Gasteiger partial charge on any atom is -0.481 e. The highest BCUT2D eigenvalue weighted by molar-refractivity contribution is 7.11. The summed E-state index contributed by atoms with van der Waals surface area (Å²) in [6.45, 7) is 4.21. The van der Waals surface area contributed by atoms with Crippen molar-refractivity contribution in [2.75, 3.05) is 7.11 Å². The molecule has 5 nitrogen and oxygen atoms in total. The average molecular weight is 277 g/mol. The first-order chi connectivity index (χ1) is 9.10. The molecule has 0 aliphatic heterocycles. The molecule has 0 unspecified atom stereocenters. The maximum Gasteiger partial charge on any atom is 0.271 e. The lowest BCUT2D eigenvalue weighted by Gasteiger charge is -2.04. The Morgan fingerprint density at radius 3 is 2.74 bits per heavy atom. The van der Waals surface area contributed by atoms with Gasteiger partial charge in [-0.1, -0.05) is 6.07 Å². The molecule has 0 saturated carbocycles. The van der Waals surface area contributed by atoms with E-state index in [0.29, 0.717) is 18.1 Å². The maximum absolute atomic E-state index is 12.0. The Bertz CT molecular complexity index is 578. The molecule has 0 bridgehead atoms. The SMILES string of the molecule is COc1ccc(CNC(=O)c2nc(C)sc2C)cn1. The van der Waals surface area contributed by atoms with Gasteiger partial charge in [0.25, 0.3) is 5.91 Å². The van der Waals surface area contributed by atoms with Gasteiger partial charge in [0.05, 0.1) is 12.1 Å². The molecule has 0 atom stereocenters. The molecule has 0 spiro atoms. The third-order valence-electron chi connectivity index (χ3n) is 2.58. The van der Waals surface area contributed by atoms with Crippen LogP contribution < -0.4 is 10.1 Å². The second-order valence-corrected chi connectivity index (χ2v) is 5.44.